The Labute approximate surface area is 92.5 Å². The van der Waals surface area contributed by atoms with Crippen LogP contribution in [0.3, 0.4) is 0 Å². The van der Waals surface area contributed by atoms with Crippen LogP contribution in [0.5, 0.6) is 0 Å². The van der Waals surface area contributed by atoms with E-state index in [-0.39, 0.29) is 3.52 Å². The number of thiazole rings is 1. The molecule has 0 aliphatic rings. The molecule has 1 heterocycles. The van der Waals surface area contributed by atoms with E-state index in [0.717, 1.165) is 4.88 Å². The van der Waals surface area contributed by atoms with Crippen LogP contribution in [0.25, 0.3) is 0 Å². The molecule has 0 fully saturated rings. The van der Waals surface area contributed by atoms with Gasteiger partial charge < -0.3 is 0 Å². The number of aromatic nitrogens is 1. The molecule has 12 heavy (non-hydrogen) atoms. The molecule has 0 saturated carbocycles. The summed E-state index contributed by atoms with van der Waals surface area (Å²) in [6.45, 7) is 1.83. The maximum atomic E-state index is 5.78. The van der Waals surface area contributed by atoms with E-state index < -0.39 is 7.82 Å². The zero-order chi connectivity index (χ0) is 9.68. The molecule has 1 nitrogen and oxygen atoms in total. The van der Waals surface area contributed by atoms with E-state index in [4.69, 9.17) is 47.9 Å². The molecular formula is C4H4Cl5IrNS. The van der Waals surface area contributed by atoms with E-state index >= 15 is 0 Å². The summed E-state index contributed by atoms with van der Waals surface area (Å²) in [4.78, 5) is 4.78. The molecule has 0 aromatic carbocycles. The third kappa shape index (κ3) is 3.14. The first-order chi connectivity index (χ1) is 4.99. The number of halogens is 5. The monoisotopic (exact) mass is 466 g/mol. The minimum atomic E-state index is -5.44. The Hall–Kier alpha value is 1.73. The van der Waals surface area contributed by atoms with Crippen LogP contribution in [0, 0.1) is 6.92 Å². The number of aryl methyl sites for hydroxylation is 1. The zero-order valence-electron chi connectivity index (χ0n) is 5.66. The van der Waals surface area contributed by atoms with Crippen molar-refractivity contribution >= 4 is 62.8 Å². The molecule has 1 aromatic heterocycles. The SMILES string of the molecule is Cc1cn[c]([Ir]([Cl])([Cl])([Cl])([Cl])[Cl])s1. The number of hydrogen-bond acceptors (Lipinski definition) is 2. The third-order valence-corrected chi connectivity index (χ3v) is 15.2. The first-order valence-electron chi connectivity index (χ1n) is 2.48. The number of hydrogen-bond donors (Lipinski definition) is 0. The Morgan fingerprint density at radius 3 is 1.92 bits per heavy atom. The number of rotatable bonds is 1. The summed E-state index contributed by atoms with van der Waals surface area (Å²) in [5, 5.41) is 0. The average molecular weight is 468 g/mol. The van der Waals surface area contributed by atoms with E-state index in [1.165, 1.54) is 11.3 Å². The van der Waals surface area contributed by atoms with Crippen molar-refractivity contribution in [1.82, 2.24) is 4.98 Å². The third-order valence-electron chi connectivity index (χ3n) is 0.852. The van der Waals surface area contributed by atoms with Gasteiger partial charge in [0.05, 0.1) is 0 Å². The van der Waals surface area contributed by atoms with E-state index in [2.05, 4.69) is 4.98 Å². The average Bonchev–Trinajstić information content (AvgIpc) is 2.07. The van der Waals surface area contributed by atoms with Crippen molar-refractivity contribution in [2.24, 2.45) is 0 Å². The molecule has 0 N–H and O–H groups in total. The molecular weight excluding hydrogens is 464 g/mol. The van der Waals surface area contributed by atoms with Crippen molar-refractivity contribution in [1.29, 1.82) is 0 Å². The van der Waals surface area contributed by atoms with Crippen LogP contribution in [0.1, 0.15) is 4.88 Å². The molecule has 1 rings (SSSR count). The van der Waals surface area contributed by atoms with E-state index in [9.17, 15) is 0 Å². The molecule has 0 saturated heterocycles. The van der Waals surface area contributed by atoms with Gasteiger partial charge >= 0.3 is 93.6 Å². The summed E-state index contributed by atoms with van der Waals surface area (Å²) in [6.07, 6.45) is 1.57. The predicted octanol–water partition coefficient (Wildman–Crippen LogP) is 4.07. The summed E-state index contributed by atoms with van der Waals surface area (Å²) < 4.78 is 0.209. The Balaban J connectivity index is 3.34. The van der Waals surface area contributed by atoms with Crippen LogP contribution < -0.4 is 3.52 Å². The van der Waals surface area contributed by atoms with Gasteiger partial charge in [0.15, 0.2) is 0 Å². The standard InChI is InChI=1S/C4H4NS.5ClH.Ir/c1-4-2-5-3-6-4;;;;;;/h2H,1H3;5*1H;/q;;;;;;+5/p-5. The van der Waals surface area contributed by atoms with Gasteiger partial charge in [0.25, 0.3) is 0 Å². The van der Waals surface area contributed by atoms with Gasteiger partial charge in [-0.15, -0.1) is 0 Å². The number of nitrogens with zero attached hydrogens (tertiary/aromatic N) is 1. The molecule has 0 atom stereocenters. The molecule has 0 spiro atoms. The zero-order valence-corrected chi connectivity index (χ0v) is 12.6. The summed E-state index contributed by atoms with van der Waals surface area (Å²) in [6, 6.07) is 0. The van der Waals surface area contributed by atoms with Gasteiger partial charge in [-0.1, -0.05) is 0 Å². The minimum absolute atomic E-state index is 0.209. The van der Waals surface area contributed by atoms with E-state index in [1.807, 2.05) is 6.92 Å². The van der Waals surface area contributed by atoms with Crippen LogP contribution in [0.4, 0.5) is 0 Å². The van der Waals surface area contributed by atoms with Crippen LogP contribution in [0.2, 0.25) is 0 Å². The predicted molar refractivity (Wildman–Crippen MR) is 55.8 cm³/mol. The summed E-state index contributed by atoms with van der Waals surface area (Å²) in [7, 11) is 23.5. The second kappa shape index (κ2) is 2.65. The summed E-state index contributed by atoms with van der Waals surface area (Å²) in [5.41, 5.74) is 0. The van der Waals surface area contributed by atoms with Crippen molar-refractivity contribution in [2.75, 3.05) is 0 Å². The topological polar surface area (TPSA) is 12.9 Å². The van der Waals surface area contributed by atoms with Crippen LogP contribution in [0.15, 0.2) is 6.20 Å². The fraction of sp³-hybridized carbons (Fsp3) is 0.250. The van der Waals surface area contributed by atoms with Crippen molar-refractivity contribution in [2.45, 2.75) is 6.92 Å². The van der Waals surface area contributed by atoms with Crippen molar-refractivity contribution in [3.63, 3.8) is 0 Å². The van der Waals surface area contributed by atoms with Crippen molar-refractivity contribution in [3.8, 4) is 0 Å². The van der Waals surface area contributed by atoms with Crippen molar-refractivity contribution < 1.29 is 7.82 Å². The molecule has 0 aliphatic carbocycles. The Bertz CT molecular complexity index is 312. The van der Waals surface area contributed by atoms with Gasteiger partial charge in [-0.2, -0.15) is 0 Å². The fourth-order valence-corrected chi connectivity index (χ4v) is 8.82. The van der Waals surface area contributed by atoms with Crippen LogP contribution >= 0.6 is 59.3 Å². The summed E-state index contributed by atoms with van der Waals surface area (Å²) >= 11 is 1.20. The Morgan fingerprint density at radius 2 is 1.75 bits per heavy atom. The second-order valence-corrected chi connectivity index (χ2v) is 47.2. The molecule has 0 radical (unpaired) electrons. The normalized spacial score (nSPS) is 18.5. The van der Waals surface area contributed by atoms with Gasteiger partial charge in [-0.25, -0.2) is 0 Å². The quantitative estimate of drug-likeness (QED) is 0.607. The Kier molecular flexibility index (Phi) is 2.60. The van der Waals surface area contributed by atoms with Gasteiger partial charge in [0.1, 0.15) is 0 Å². The molecule has 75 valence electrons. The van der Waals surface area contributed by atoms with Crippen molar-refractivity contribution in [3.05, 3.63) is 11.1 Å². The first-order valence-corrected chi connectivity index (χ1v) is 19.3. The van der Waals surface area contributed by atoms with E-state index in [1.54, 1.807) is 6.20 Å². The Morgan fingerprint density at radius 1 is 1.25 bits per heavy atom. The van der Waals surface area contributed by atoms with Gasteiger partial charge in [0, 0.05) is 0 Å². The maximum absolute atomic E-state index is 5.78. The fourth-order valence-electron chi connectivity index (χ4n) is 0.463. The molecule has 0 aliphatic heterocycles. The van der Waals surface area contributed by atoms with Gasteiger partial charge in [-0.05, 0) is 0 Å². The molecule has 8 heteroatoms. The molecule has 0 unspecified atom stereocenters. The molecule has 1 aromatic rings. The first kappa shape index (κ1) is 11.8. The molecule has 0 bridgehead atoms. The van der Waals surface area contributed by atoms with E-state index in [0.29, 0.717) is 0 Å². The molecule has 0 amide bonds. The van der Waals surface area contributed by atoms with Crippen LogP contribution in [-0.2, 0) is 7.82 Å². The second-order valence-electron chi connectivity index (χ2n) is 2.00. The van der Waals surface area contributed by atoms with Gasteiger partial charge in [-0.3, -0.25) is 0 Å². The van der Waals surface area contributed by atoms with Gasteiger partial charge in [0.2, 0.25) is 0 Å². The summed E-state index contributed by atoms with van der Waals surface area (Å²) in [5.74, 6) is 0. The van der Waals surface area contributed by atoms with Crippen LogP contribution in [-0.4, -0.2) is 4.98 Å².